The van der Waals surface area contributed by atoms with Gasteiger partial charge in [0.1, 0.15) is 0 Å². The van der Waals surface area contributed by atoms with Crippen molar-refractivity contribution in [1.29, 1.82) is 0 Å². The minimum absolute atomic E-state index is 0.176. The van der Waals surface area contributed by atoms with E-state index in [4.69, 9.17) is 32.6 Å². The van der Waals surface area contributed by atoms with Crippen LogP contribution < -0.4 is 16.0 Å². The summed E-state index contributed by atoms with van der Waals surface area (Å²) in [6.07, 6.45) is 0. The smallest absolute Gasteiger partial charge is 0.258 e. The van der Waals surface area contributed by atoms with Gasteiger partial charge in [0.2, 0.25) is 0 Å². The van der Waals surface area contributed by atoms with Crippen molar-refractivity contribution in [2.45, 2.75) is 45.9 Å². The maximum atomic E-state index is 13.2. The second kappa shape index (κ2) is 11.7. The molecule has 1 amide bonds. The Labute approximate surface area is 219 Å². The number of rotatable bonds is 9. The van der Waals surface area contributed by atoms with Crippen LogP contribution in [-0.4, -0.2) is 40.1 Å². The maximum absolute atomic E-state index is 13.2. The number of hydrogen-bond acceptors (Lipinski definition) is 5. The summed E-state index contributed by atoms with van der Waals surface area (Å²) in [4.78, 5) is 18.2. The molecule has 0 aliphatic carbocycles. The highest BCUT2D eigenvalue weighted by molar-refractivity contribution is 6.48. The van der Waals surface area contributed by atoms with E-state index in [1.54, 1.807) is 18.2 Å². The van der Waals surface area contributed by atoms with Gasteiger partial charge in [-0.1, -0.05) is 62.2 Å². The number of amides is 1. The van der Waals surface area contributed by atoms with Crippen LogP contribution in [0.4, 0.5) is 11.4 Å². The summed E-state index contributed by atoms with van der Waals surface area (Å²) in [5, 5.41) is 11.3. The molecule has 0 saturated heterocycles. The van der Waals surface area contributed by atoms with Gasteiger partial charge in [0.05, 0.1) is 39.1 Å². The van der Waals surface area contributed by atoms with Crippen LogP contribution in [0.2, 0.25) is 23.1 Å². The fourth-order valence-electron chi connectivity index (χ4n) is 3.99. The lowest BCUT2D eigenvalue weighted by atomic mass is 9.83. The van der Waals surface area contributed by atoms with Crippen LogP contribution in [-0.2, 0) is 16.4 Å². The molecule has 35 heavy (non-hydrogen) atoms. The summed E-state index contributed by atoms with van der Waals surface area (Å²) >= 11 is 12.6. The zero-order chi connectivity index (χ0) is 25.8. The number of aromatic nitrogens is 1. The Morgan fingerprint density at radius 2 is 1.71 bits per heavy atom. The van der Waals surface area contributed by atoms with E-state index in [0.29, 0.717) is 27.9 Å². The summed E-state index contributed by atoms with van der Waals surface area (Å²) in [6.45, 7) is 12.8. The molecule has 1 heterocycles. The minimum atomic E-state index is -1.28. The summed E-state index contributed by atoms with van der Waals surface area (Å²) < 4.78 is 6.13. The van der Waals surface area contributed by atoms with Crippen molar-refractivity contribution >= 4 is 60.4 Å². The molecule has 0 aliphatic heterocycles. The van der Waals surface area contributed by atoms with E-state index >= 15 is 0 Å². The zero-order valence-electron chi connectivity index (χ0n) is 21.2. The van der Waals surface area contributed by atoms with Crippen molar-refractivity contribution in [2.24, 2.45) is 0 Å². The summed E-state index contributed by atoms with van der Waals surface area (Å²) in [5.74, 6) is -0.383. The molecule has 0 bridgehead atoms. The Morgan fingerprint density at radius 3 is 2.31 bits per heavy atom. The first-order valence-corrected chi connectivity index (χ1v) is 15.3. The topological polar surface area (TPSA) is 75.3 Å². The van der Waals surface area contributed by atoms with Gasteiger partial charge in [-0.15, -0.1) is 0 Å². The molecule has 3 rings (SSSR count). The first-order chi connectivity index (χ1) is 16.5. The third-order valence-corrected chi connectivity index (χ3v) is 6.97. The van der Waals surface area contributed by atoms with E-state index in [0.717, 1.165) is 35.4 Å². The Bertz CT molecular complexity index is 1190. The second-order valence-corrected chi connectivity index (χ2v) is 12.9. The Kier molecular flexibility index (Phi) is 9.18. The Morgan fingerprint density at radius 1 is 1.06 bits per heavy atom. The van der Waals surface area contributed by atoms with Crippen LogP contribution in [0.5, 0.6) is 0 Å². The van der Waals surface area contributed by atoms with Gasteiger partial charge in [-0.25, -0.2) is 4.98 Å². The number of benzene rings is 2. The predicted octanol–water partition coefficient (Wildman–Crippen LogP) is 6.22. The lowest BCUT2D eigenvalue weighted by Gasteiger charge is -2.28. The number of anilines is 2. The Balaban J connectivity index is 2.20. The van der Waals surface area contributed by atoms with Gasteiger partial charge in [0.25, 0.3) is 5.91 Å². The molecular formula is C26H34Cl2N4O2Si. The van der Waals surface area contributed by atoms with Crippen LogP contribution in [0.15, 0.2) is 36.4 Å². The lowest BCUT2D eigenvalue weighted by molar-refractivity contribution is 0.102. The van der Waals surface area contributed by atoms with Crippen molar-refractivity contribution < 1.29 is 9.22 Å². The quantitative estimate of drug-likeness (QED) is 0.225. The van der Waals surface area contributed by atoms with Gasteiger partial charge < -0.3 is 20.4 Å². The van der Waals surface area contributed by atoms with Crippen LogP contribution in [0.1, 0.15) is 42.4 Å². The number of pyridine rings is 1. The number of para-hydroxylation sites is 1. The molecule has 0 radical (unpaired) electrons. The van der Waals surface area contributed by atoms with Gasteiger partial charge in [-0.2, -0.15) is 0 Å². The summed E-state index contributed by atoms with van der Waals surface area (Å²) in [6, 6.07) is 10.8. The molecule has 0 spiro atoms. The van der Waals surface area contributed by atoms with Crippen molar-refractivity contribution in [3.8, 4) is 0 Å². The molecule has 9 heteroatoms. The normalized spacial score (nSPS) is 11.8. The van der Waals surface area contributed by atoms with E-state index in [2.05, 4.69) is 49.8 Å². The average Bonchev–Trinajstić information content (AvgIpc) is 2.77. The van der Waals surface area contributed by atoms with E-state index in [1.165, 1.54) is 0 Å². The van der Waals surface area contributed by atoms with Crippen molar-refractivity contribution in [3.05, 3.63) is 63.3 Å². The number of hydrogen-bond donors (Lipinski definition) is 3. The zero-order valence-corrected chi connectivity index (χ0v) is 23.8. The Hall–Kier alpha value is -2.16. The fraction of sp³-hybridized carbons (Fsp3) is 0.385. The van der Waals surface area contributed by atoms with Crippen LogP contribution >= 0.6 is 23.2 Å². The van der Waals surface area contributed by atoms with Crippen LogP contribution in [0.3, 0.4) is 0 Å². The molecule has 0 saturated carbocycles. The summed E-state index contributed by atoms with van der Waals surface area (Å²) in [7, 11) is 0.650. The van der Waals surface area contributed by atoms with Crippen LogP contribution in [0.25, 0.3) is 10.9 Å². The molecule has 188 valence electrons. The molecule has 3 N–H and O–H groups in total. The molecule has 0 aliphatic rings. The third kappa shape index (κ3) is 6.54. The van der Waals surface area contributed by atoms with E-state index in [-0.39, 0.29) is 16.9 Å². The van der Waals surface area contributed by atoms with E-state index < -0.39 is 9.04 Å². The highest BCUT2D eigenvalue weighted by Crippen LogP contribution is 2.39. The monoisotopic (exact) mass is 532 g/mol. The lowest BCUT2D eigenvalue weighted by Crippen LogP contribution is -2.24. The second-order valence-electron chi connectivity index (χ2n) is 9.70. The largest absolute Gasteiger partial charge is 0.415 e. The van der Waals surface area contributed by atoms with E-state index in [1.807, 2.05) is 25.2 Å². The van der Waals surface area contributed by atoms with Gasteiger partial charge in [0, 0.05) is 29.7 Å². The molecule has 6 nitrogen and oxygen atoms in total. The van der Waals surface area contributed by atoms with Gasteiger partial charge in [0.15, 0.2) is 9.04 Å². The van der Waals surface area contributed by atoms with E-state index in [9.17, 15) is 4.79 Å². The molecule has 1 aromatic heterocycles. The highest BCUT2D eigenvalue weighted by atomic mass is 35.5. The standard InChI is InChI=1S/C26H34Cl2N4O2Si/c1-26(2,3)22-20(15-34-35(5)6)31-23-16(24(22)30-14-13-29-4)9-7-12-19(23)32-25(33)21-17(27)10-8-11-18(21)28/h7-12,29,35H,13-15H2,1-6H3,(H,30,31)(H,32,33). The van der Waals surface area contributed by atoms with Gasteiger partial charge in [-0.05, 0) is 43.8 Å². The average molecular weight is 534 g/mol. The molecule has 0 atom stereocenters. The van der Waals surface area contributed by atoms with Gasteiger partial charge in [-0.3, -0.25) is 4.79 Å². The number of fused-ring (bicyclic) bond motifs is 1. The number of halogens is 2. The predicted molar refractivity (Wildman–Crippen MR) is 151 cm³/mol. The minimum Gasteiger partial charge on any atom is -0.415 e. The number of nitrogens with one attached hydrogen (secondary N) is 3. The highest BCUT2D eigenvalue weighted by Gasteiger charge is 2.27. The number of carbonyl (C=O) groups excluding carboxylic acids is 1. The molecule has 2 aromatic carbocycles. The summed E-state index contributed by atoms with van der Waals surface area (Å²) in [5.41, 5.74) is 4.33. The first kappa shape index (κ1) is 27.4. The molecule has 0 fully saturated rings. The van der Waals surface area contributed by atoms with Gasteiger partial charge >= 0.3 is 0 Å². The van der Waals surface area contributed by atoms with Crippen molar-refractivity contribution in [2.75, 3.05) is 30.8 Å². The first-order valence-electron chi connectivity index (χ1n) is 11.8. The van der Waals surface area contributed by atoms with Crippen LogP contribution in [0, 0.1) is 0 Å². The number of nitrogens with zero attached hydrogens (tertiary/aromatic N) is 1. The fourth-order valence-corrected chi connectivity index (χ4v) is 5.05. The molecule has 0 unspecified atom stereocenters. The third-order valence-electron chi connectivity index (χ3n) is 5.51. The molecule has 3 aromatic rings. The number of carbonyl (C=O) groups is 1. The maximum Gasteiger partial charge on any atom is 0.258 e. The van der Waals surface area contributed by atoms with Crippen molar-refractivity contribution in [3.63, 3.8) is 0 Å². The SMILES string of the molecule is CNCCNc1c(C(C)(C)C)c(CO[SiH](C)C)nc2c(NC(=O)c3c(Cl)cccc3Cl)cccc12. The number of likely N-dealkylation sites (N-methyl/N-ethyl adjacent to an activating group) is 1. The van der Waals surface area contributed by atoms with Crippen molar-refractivity contribution in [1.82, 2.24) is 10.3 Å². The molecular weight excluding hydrogens is 499 g/mol.